The van der Waals surface area contributed by atoms with E-state index in [-0.39, 0.29) is 17.9 Å². The van der Waals surface area contributed by atoms with Crippen molar-refractivity contribution in [1.82, 2.24) is 9.88 Å². The number of aliphatic hydroxyl groups is 1. The molecule has 4 aromatic rings. The Balaban J connectivity index is 1.48. The lowest BCUT2D eigenvalue weighted by Crippen LogP contribution is -2.29. The van der Waals surface area contributed by atoms with E-state index >= 15 is 0 Å². The molecule has 0 radical (unpaired) electrons. The number of halogens is 1. The molecule has 0 saturated carbocycles. The summed E-state index contributed by atoms with van der Waals surface area (Å²) in [6.45, 7) is 2.61. The van der Waals surface area contributed by atoms with Crippen molar-refractivity contribution in [3.8, 4) is 5.75 Å². The van der Waals surface area contributed by atoms with Gasteiger partial charge in [0.2, 0.25) is 0 Å². The molecule has 5 rings (SSSR count). The second-order valence-electron chi connectivity index (χ2n) is 9.08. The predicted octanol–water partition coefficient (Wildman–Crippen LogP) is 6.24. The molecule has 1 atom stereocenters. The third-order valence-electron chi connectivity index (χ3n) is 6.59. The lowest BCUT2D eigenvalue weighted by Gasteiger charge is -2.25. The van der Waals surface area contributed by atoms with Crippen molar-refractivity contribution in [3.05, 3.63) is 136 Å². The molecule has 1 unspecified atom stereocenters. The van der Waals surface area contributed by atoms with Crippen molar-refractivity contribution in [2.45, 2.75) is 26.1 Å². The first-order valence-electron chi connectivity index (χ1n) is 12.1. The number of nitrogens with zero attached hydrogens (tertiary/aromatic N) is 2. The van der Waals surface area contributed by atoms with Gasteiger partial charge in [0.05, 0.1) is 11.6 Å². The number of carbonyl (C=O) groups excluding carboxylic acids is 2. The molecule has 1 aromatic heterocycles. The van der Waals surface area contributed by atoms with Gasteiger partial charge in [-0.25, -0.2) is 0 Å². The van der Waals surface area contributed by atoms with E-state index in [0.717, 1.165) is 16.7 Å². The quantitative estimate of drug-likeness (QED) is 0.176. The molecule has 1 saturated heterocycles. The first-order valence-corrected chi connectivity index (χ1v) is 12.5. The Labute approximate surface area is 225 Å². The van der Waals surface area contributed by atoms with Crippen LogP contribution in [0, 0.1) is 6.92 Å². The first kappa shape index (κ1) is 25.2. The number of benzene rings is 3. The van der Waals surface area contributed by atoms with Crippen molar-refractivity contribution >= 4 is 29.1 Å². The van der Waals surface area contributed by atoms with Crippen LogP contribution >= 0.6 is 11.6 Å². The van der Waals surface area contributed by atoms with Crippen molar-refractivity contribution < 1.29 is 19.4 Å². The van der Waals surface area contributed by atoms with Crippen LogP contribution in [0.25, 0.3) is 5.76 Å². The number of ketones is 1. The number of aromatic nitrogens is 1. The molecule has 0 aliphatic carbocycles. The molecule has 1 aliphatic rings. The first-order chi connectivity index (χ1) is 18.4. The van der Waals surface area contributed by atoms with E-state index in [1.165, 1.54) is 4.90 Å². The molecule has 38 heavy (non-hydrogen) atoms. The van der Waals surface area contributed by atoms with Gasteiger partial charge in [-0.1, -0.05) is 48.0 Å². The Morgan fingerprint density at radius 2 is 1.71 bits per heavy atom. The van der Waals surface area contributed by atoms with E-state index in [1.54, 1.807) is 73.1 Å². The number of rotatable bonds is 7. The number of pyridine rings is 1. The van der Waals surface area contributed by atoms with Crippen LogP contribution in [0.1, 0.15) is 33.9 Å². The molecule has 1 N–H and O–H groups in total. The number of hydrogen-bond acceptors (Lipinski definition) is 5. The molecule has 7 heteroatoms. The number of hydrogen-bond donors (Lipinski definition) is 1. The van der Waals surface area contributed by atoms with Crippen LogP contribution in [-0.4, -0.2) is 26.7 Å². The fraction of sp³-hybridized carbons (Fsp3) is 0.129. The van der Waals surface area contributed by atoms with Gasteiger partial charge in [-0.15, -0.1) is 0 Å². The van der Waals surface area contributed by atoms with Gasteiger partial charge in [0.15, 0.2) is 0 Å². The topological polar surface area (TPSA) is 79.7 Å². The van der Waals surface area contributed by atoms with Crippen molar-refractivity contribution in [3.63, 3.8) is 0 Å². The molecule has 2 heterocycles. The minimum Gasteiger partial charge on any atom is -0.507 e. The van der Waals surface area contributed by atoms with Gasteiger partial charge in [-0.3, -0.25) is 14.6 Å². The summed E-state index contributed by atoms with van der Waals surface area (Å²) in [5.74, 6) is -1.07. The Kier molecular flexibility index (Phi) is 7.24. The molecule has 1 amide bonds. The largest absolute Gasteiger partial charge is 0.507 e. The van der Waals surface area contributed by atoms with Crippen LogP contribution in [0.5, 0.6) is 5.75 Å². The van der Waals surface area contributed by atoms with Crippen LogP contribution < -0.4 is 4.74 Å². The number of carbonyl (C=O) groups is 2. The monoisotopic (exact) mass is 524 g/mol. The molecule has 1 fully saturated rings. The van der Waals surface area contributed by atoms with Crippen molar-refractivity contribution in [2.24, 2.45) is 0 Å². The minimum atomic E-state index is -0.807. The van der Waals surface area contributed by atoms with Gasteiger partial charge < -0.3 is 14.7 Å². The third-order valence-corrected chi connectivity index (χ3v) is 6.83. The highest BCUT2D eigenvalue weighted by molar-refractivity contribution is 6.46. The van der Waals surface area contributed by atoms with Crippen molar-refractivity contribution in [2.75, 3.05) is 0 Å². The van der Waals surface area contributed by atoms with Crippen LogP contribution in [0.15, 0.2) is 103 Å². The van der Waals surface area contributed by atoms with E-state index in [2.05, 4.69) is 4.98 Å². The molecule has 6 nitrogen and oxygen atoms in total. The Bertz CT molecular complexity index is 1520. The molecular weight excluding hydrogens is 500 g/mol. The summed E-state index contributed by atoms with van der Waals surface area (Å²) in [5.41, 5.74) is 4.08. The highest BCUT2D eigenvalue weighted by Gasteiger charge is 2.46. The predicted molar refractivity (Wildman–Crippen MR) is 145 cm³/mol. The van der Waals surface area contributed by atoms with E-state index in [9.17, 15) is 14.7 Å². The van der Waals surface area contributed by atoms with Gasteiger partial charge in [0.25, 0.3) is 11.7 Å². The van der Waals surface area contributed by atoms with E-state index in [1.807, 2.05) is 31.2 Å². The highest BCUT2D eigenvalue weighted by Crippen LogP contribution is 2.41. The van der Waals surface area contributed by atoms with E-state index < -0.39 is 17.7 Å². The zero-order chi connectivity index (χ0) is 26.6. The maximum Gasteiger partial charge on any atom is 0.295 e. The second-order valence-corrected chi connectivity index (χ2v) is 9.51. The lowest BCUT2D eigenvalue weighted by molar-refractivity contribution is -0.140. The lowest BCUT2D eigenvalue weighted by atomic mass is 9.95. The van der Waals surface area contributed by atoms with Crippen molar-refractivity contribution in [1.29, 1.82) is 0 Å². The van der Waals surface area contributed by atoms with Crippen LogP contribution in [0.3, 0.4) is 0 Å². The minimum absolute atomic E-state index is 0.0138. The fourth-order valence-corrected chi connectivity index (χ4v) is 4.75. The van der Waals surface area contributed by atoms with Gasteiger partial charge in [0.1, 0.15) is 18.1 Å². The Hall–Kier alpha value is -4.42. The maximum atomic E-state index is 13.3. The van der Waals surface area contributed by atoms with E-state index in [4.69, 9.17) is 16.3 Å². The molecular formula is C31H25ClN2O4. The standard InChI is InChI=1S/C31H25ClN2O4/c1-20-5-2-3-6-24(20)19-38-26-11-9-22(10-12-26)29(35)27-28(23-7-4-8-25(32)17-23)34(31(37)30(27)36)18-21-13-15-33-16-14-21/h2-17,28,35H,18-19H2,1H3. The molecule has 0 bridgehead atoms. The maximum absolute atomic E-state index is 13.3. The Morgan fingerprint density at radius 3 is 2.42 bits per heavy atom. The number of aryl methyl sites for hydroxylation is 1. The summed E-state index contributed by atoms with van der Waals surface area (Å²) >= 11 is 6.26. The molecule has 3 aromatic carbocycles. The third kappa shape index (κ3) is 5.17. The molecule has 190 valence electrons. The van der Waals surface area contributed by atoms with Crippen LogP contribution in [0.2, 0.25) is 5.02 Å². The normalized spacial score (nSPS) is 16.6. The summed E-state index contributed by atoms with van der Waals surface area (Å²) < 4.78 is 5.91. The van der Waals surface area contributed by atoms with Gasteiger partial charge in [-0.05, 0) is 77.7 Å². The number of likely N-dealkylation sites (tertiary alicyclic amines) is 1. The zero-order valence-electron chi connectivity index (χ0n) is 20.7. The van der Waals surface area contributed by atoms with Crippen LogP contribution in [-0.2, 0) is 22.7 Å². The summed E-state index contributed by atoms with van der Waals surface area (Å²) in [6, 6.07) is 24.5. The smallest absolute Gasteiger partial charge is 0.295 e. The summed E-state index contributed by atoms with van der Waals surface area (Å²) in [5, 5.41) is 11.8. The SMILES string of the molecule is Cc1ccccc1COc1ccc(C(O)=C2C(=O)C(=O)N(Cc3ccncc3)C2c2cccc(Cl)c2)cc1. The molecule has 0 spiro atoms. The highest BCUT2D eigenvalue weighted by atomic mass is 35.5. The number of Topliss-reactive ketones (excluding diaryl/α,β-unsaturated/α-hetero) is 1. The summed E-state index contributed by atoms with van der Waals surface area (Å²) in [7, 11) is 0. The van der Waals surface area contributed by atoms with E-state index in [0.29, 0.717) is 28.5 Å². The average molecular weight is 525 g/mol. The number of amides is 1. The van der Waals surface area contributed by atoms with Gasteiger partial charge in [0, 0.05) is 29.5 Å². The molecule has 1 aliphatic heterocycles. The fourth-order valence-electron chi connectivity index (χ4n) is 4.55. The zero-order valence-corrected chi connectivity index (χ0v) is 21.4. The average Bonchev–Trinajstić information content (AvgIpc) is 3.18. The number of ether oxygens (including phenoxy) is 1. The van der Waals surface area contributed by atoms with Gasteiger partial charge >= 0.3 is 0 Å². The summed E-state index contributed by atoms with van der Waals surface area (Å²) in [6.07, 6.45) is 3.26. The Morgan fingerprint density at radius 1 is 0.974 bits per heavy atom. The number of aliphatic hydroxyl groups excluding tert-OH is 1. The van der Waals surface area contributed by atoms with Gasteiger partial charge in [-0.2, -0.15) is 0 Å². The second kappa shape index (κ2) is 10.9. The van der Waals surface area contributed by atoms with Crippen LogP contribution in [0.4, 0.5) is 0 Å². The summed E-state index contributed by atoms with van der Waals surface area (Å²) in [4.78, 5) is 31.9.